The Kier molecular flexibility index (Phi) is 12.4. The molecule has 246 valence electrons. The smallest absolute Gasteiger partial charge is 0.320 e. The summed E-state index contributed by atoms with van der Waals surface area (Å²) >= 11 is 0. The lowest BCUT2D eigenvalue weighted by Crippen LogP contribution is -2.38. The van der Waals surface area contributed by atoms with Crippen molar-refractivity contribution in [3.8, 4) is 11.5 Å². The number of esters is 2. The molecule has 2 aliphatic rings. The second-order valence-corrected chi connectivity index (χ2v) is 13.3. The van der Waals surface area contributed by atoms with E-state index in [9.17, 15) is 39.0 Å². The molecule has 0 saturated carbocycles. The summed E-state index contributed by atoms with van der Waals surface area (Å²) in [4.78, 5) is 76.3. The van der Waals surface area contributed by atoms with Gasteiger partial charge in [-0.25, -0.2) is 0 Å². The van der Waals surface area contributed by atoms with Gasteiger partial charge in [-0.3, -0.25) is 38.6 Å². The molecule has 2 N–H and O–H groups in total. The Hall–Kier alpha value is -3.72. The lowest BCUT2D eigenvalue weighted by molar-refractivity contribution is -0.143. The zero-order chi connectivity index (χ0) is 33.4. The highest BCUT2D eigenvalue weighted by Gasteiger charge is 2.41. The first kappa shape index (κ1) is 35.1. The fourth-order valence-corrected chi connectivity index (χ4v) is 7.77. The molecular formula is C32H36N2O10S2. The largest absolute Gasteiger partial charge is 0.480 e. The van der Waals surface area contributed by atoms with Crippen LogP contribution in [-0.2, 0) is 28.8 Å². The van der Waals surface area contributed by atoms with Crippen molar-refractivity contribution in [1.29, 1.82) is 0 Å². The fraction of sp³-hybridized carbons (Fsp3) is 0.438. The van der Waals surface area contributed by atoms with Crippen molar-refractivity contribution in [3.63, 3.8) is 0 Å². The Balaban J connectivity index is 1.34. The van der Waals surface area contributed by atoms with E-state index in [-0.39, 0.29) is 48.2 Å². The number of hydrogen-bond donors (Lipinski definition) is 2. The lowest BCUT2D eigenvalue weighted by atomic mass is 10.0. The lowest BCUT2D eigenvalue weighted by Gasteiger charge is -2.29. The molecule has 2 saturated heterocycles. The zero-order valence-corrected chi connectivity index (χ0v) is 27.1. The third kappa shape index (κ3) is 8.96. The molecule has 0 spiro atoms. The number of ether oxygens (including phenoxy) is 2. The monoisotopic (exact) mass is 672 g/mol. The van der Waals surface area contributed by atoms with E-state index < -0.39 is 36.0 Å². The van der Waals surface area contributed by atoms with E-state index in [1.165, 1.54) is 13.8 Å². The van der Waals surface area contributed by atoms with Crippen LogP contribution < -0.4 is 9.47 Å². The van der Waals surface area contributed by atoms with Gasteiger partial charge in [0.1, 0.15) is 23.6 Å². The predicted octanol–water partition coefficient (Wildman–Crippen LogP) is 4.63. The molecule has 0 bridgehead atoms. The molecule has 2 aromatic carbocycles. The van der Waals surface area contributed by atoms with Gasteiger partial charge in [-0.2, -0.15) is 0 Å². The highest BCUT2D eigenvalue weighted by Crippen LogP contribution is 2.42. The average Bonchev–Trinajstić information content (AvgIpc) is 3.62. The molecular weight excluding hydrogens is 636 g/mol. The summed E-state index contributed by atoms with van der Waals surface area (Å²) in [5.41, 5.74) is 1.34. The molecule has 46 heavy (non-hydrogen) atoms. The molecule has 0 radical (unpaired) electrons. The fourth-order valence-electron chi connectivity index (χ4n) is 6.18. The Morgan fingerprint density at radius 1 is 0.652 bits per heavy atom. The van der Waals surface area contributed by atoms with Crippen LogP contribution in [0.15, 0.2) is 48.5 Å². The molecule has 2 aliphatic heterocycles. The van der Waals surface area contributed by atoms with Gasteiger partial charge in [0.2, 0.25) is 10.2 Å². The van der Waals surface area contributed by atoms with Gasteiger partial charge < -0.3 is 19.7 Å². The number of hydrogen-bond acceptors (Lipinski definition) is 12. The van der Waals surface area contributed by atoms with E-state index in [1.807, 2.05) is 0 Å². The second kappa shape index (κ2) is 16.2. The number of rotatable bonds is 12. The zero-order valence-electron chi connectivity index (χ0n) is 25.5. The average molecular weight is 673 g/mol. The number of carboxylic acid groups (broad SMARTS) is 2. The summed E-state index contributed by atoms with van der Waals surface area (Å²) in [5.74, 6) is -2.31. The van der Waals surface area contributed by atoms with E-state index in [2.05, 4.69) is 0 Å². The van der Waals surface area contributed by atoms with Crippen molar-refractivity contribution in [1.82, 2.24) is 9.80 Å². The van der Waals surface area contributed by atoms with E-state index in [4.69, 9.17) is 9.47 Å². The molecule has 4 rings (SSSR count). The van der Waals surface area contributed by atoms with Crippen LogP contribution in [0, 0.1) is 0 Å². The van der Waals surface area contributed by atoms with E-state index >= 15 is 0 Å². The SMILES string of the molecule is CC(=O)Oc1ccccc1C1CCC(C(=O)O)N1CCC(=O)SSC(=O)CCN1C(C(=O)O)CCC1c1ccccc1OC(C)=O. The van der Waals surface area contributed by atoms with Crippen molar-refractivity contribution in [3.05, 3.63) is 59.7 Å². The van der Waals surface area contributed by atoms with Crippen molar-refractivity contribution in [2.24, 2.45) is 0 Å². The second-order valence-electron chi connectivity index (χ2n) is 11.0. The molecule has 2 aromatic rings. The number of likely N-dealkylation sites (tertiary alicyclic amines) is 2. The summed E-state index contributed by atoms with van der Waals surface area (Å²) < 4.78 is 10.7. The van der Waals surface area contributed by atoms with Crippen LogP contribution in [0.2, 0.25) is 0 Å². The first-order valence-electron chi connectivity index (χ1n) is 14.9. The van der Waals surface area contributed by atoms with Gasteiger partial charge in [0.05, 0.1) is 0 Å². The van der Waals surface area contributed by atoms with Crippen molar-refractivity contribution >= 4 is 55.7 Å². The third-order valence-electron chi connectivity index (χ3n) is 8.04. The van der Waals surface area contributed by atoms with Crippen LogP contribution in [0.5, 0.6) is 11.5 Å². The Labute approximate surface area is 274 Å². The minimum atomic E-state index is -1.01. The number of aliphatic carboxylic acids is 2. The van der Waals surface area contributed by atoms with Crippen molar-refractivity contribution in [2.75, 3.05) is 13.1 Å². The summed E-state index contributed by atoms with van der Waals surface area (Å²) in [5, 5.41) is 19.0. The third-order valence-corrected chi connectivity index (χ3v) is 10.3. The quantitative estimate of drug-likeness (QED) is 0.182. The Morgan fingerprint density at radius 3 is 1.37 bits per heavy atom. The molecule has 0 amide bonds. The molecule has 2 fully saturated rings. The number of carbonyl (C=O) groups excluding carboxylic acids is 4. The number of para-hydroxylation sites is 2. The molecule has 12 nitrogen and oxygen atoms in total. The van der Waals surface area contributed by atoms with Gasteiger partial charge in [-0.05, 0) is 59.4 Å². The maximum Gasteiger partial charge on any atom is 0.320 e. The van der Waals surface area contributed by atoms with Crippen molar-refractivity contribution < 1.29 is 48.5 Å². The van der Waals surface area contributed by atoms with Gasteiger partial charge in [-0.1, -0.05) is 36.4 Å². The van der Waals surface area contributed by atoms with Crippen LogP contribution in [0.25, 0.3) is 0 Å². The minimum absolute atomic E-state index is 0.0107. The summed E-state index contributed by atoms with van der Waals surface area (Å²) in [6.07, 6.45) is 1.71. The van der Waals surface area contributed by atoms with Crippen LogP contribution in [0.3, 0.4) is 0 Å². The van der Waals surface area contributed by atoms with E-state index in [1.54, 1.807) is 58.3 Å². The van der Waals surface area contributed by atoms with Gasteiger partial charge in [-0.15, -0.1) is 0 Å². The topological polar surface area (TPSA) is 168 Å². The standard InChI is InChI=1S/C32H36N2O10S2/c1-19(35)43-27-9-5-3-7-21(27)23-11-13-25(31(39)40)33(23)17-15-29(37)45-46-30(38)16-18-34-24(12-14-26(34)32(41)42)22-8-4-6-10-28(22)44-20(2)36/h3-10,23-26H,11-18H2,1-2H3,(H,39,40)(H,41,42). The predicted molar refractivity (Wildman–Crippen MR) is 170 cm³/mol. The van der Waals surface area contributed by atoms with Crippen LogP contribution in [0.1, 0.15) is 75.6 Å². The Bertz CT molecular complexity index is 1370. The van der Waals surface area contributed by atoms with Crippen LogP contribution >= 0.6 is 21.6 Å². The van der Waals surface area contributed by atoms with Crippen LogP contribution in [-0.4, -0.2) is 79.3 Å². The maximum atomic E-state index is 12.8. The molecule has 0 aliphatic carbocycles. The van der Waals surface area contributed by atoms with E-state index in [0.29, 0.717) is 48.3 Å². The molecule has 4 unspecified atom stereocenters. The normalized spacial score (nSPS) is 21.5. The summed E-state index contributed by atoms with van der Waals surface area (Å²) in [6, 6.07) is 11.5. The summed E-state index contributed by atoms with van der Waals surface area (Å²) in [6.45, 7) is 2.84. The molecule has 0 aromatic heterocycles. The summed E-state index contributed by atoms with van der Waals surface area (Å²) in [7, 11) is 1.55. The first-order chi connectivity index (χ1) is 22.0. The number of carboxylic acids is 2. The van der Waals surface area contributed by atoms with Gasteiger partial charge in [0.25, 0.3) is 0 Å². The van der Waals surface area contributed by atoms with Crippen LogP contribution in [0.4, 0.5) is 0 Å². The maximum absolute atomic E-state index is 12.8. The van der Waals surface area contributed by atoms with Gasteiger partial charge in [0, 0.05) is 63.0 Å². The number of carbonyl (C=O) groups is 6. The molecule has 4 atom stereocenters. The Morgan fingerprint density at radius 2 is 1.02 bits per heavy atom. The molecule has 14 heteroatoms. The first-order valence-corrected chi connectivity index (χ1v) is 17.0. The van der Waals surface area contributed by atoms with Gasteiger partial charge in [0.15, 0.2) is 0 Å². The highest BCUT2D eigenvalue weighted by molar-refractivity contribution is 8.87. The highest BCUT2D eigenvalue weighted by atomic mass is 33.1. The van der Waals surface area contributed by atoms with Gasteiger partial charge >= 0.3 is 23.9 Å². The van der Waals surface area contributed by atoms with Crippen molar-refractivity contribution in [2.45, 2.75) is 76.5 Å². The van der Waals surface area contributed by atoms with E-state index in [0.717, 1.165) is 21.6 Å². The minimum Gasteiger partial charge on any atom is -0.480 e. The number of nitrogens with zero attached hydrogens (tertiary/aromatic N) is 2. The molecule has 2 heterocycles. The number of benzene rings is 2.